The van der Waals surface area contributed by atoms with E-state index in [1.54, 1.807) is 26.0 Å². The van der Waals surface area contributed by atoms with Crippen LogP contribution < -0.4 is 4.74 Å². The average molecular weight is 416 g/mol. The highest BCUT2D eigenvalue weighted by molar-refractivity contribution is 7.91. The zero-order chi connectivity index (χ0) is 21.2. The molecular weight excluding hydrogens is 395 g/mol. The van der Waals surface area contributed by atoms with Crippen molar-refractivity contribution in [2.45, 2.75) is 23.6 Å². The number of pyridine rings is 1. The largest absolute Gasteiger partial charge is 0.497 e. The fourth-order valence-electron chi connectivity index (χ4n) is 3.15. The quantitative estimate of drug-likeness (QED) is 0.612. The molecule has 0 aliphatic rings. The van der Waals surface area contributed by atoms with Crippen LogP contribution in [0.2, 0.25) is 0 Å². The Morgan fingerprint density at radius 2 is 1.86 bits per heavy atom. The summed E-state index contributed by atoms with van der Waals surface area (Å²) in [4.78, 5) is 18.4. The molecule has 0 N–H and O–H groups in total. The van der Waals surface area contributed by atoms with Crippen LogP contribution in [0.25, 0.3) is 10.9 Å². The lowest BCUT2D eigenvalue weighted by molar-refractivity contribution is 0.0769. The minimum absolute atomic E-state index is 0.0535. The number of sulfone groups is 1. The summed E-state index contributed by atoms with van der Waals surface area (Å²) in [5, 5.41) is 0.0610. The number of aromatic nitrogens is 1. The van der Waals surface area contributed by atoms with Gasteiger partial charge >= 0.3 is 0 Å². The summed E-state index contributed by atoms with van der Waals surface area (Å²) in [6.07, 6.45) is 1.24. The highest BCUT2D eigenvalue weighted by atomic mass is 32.2. The molecule has 0 spiro atoms. The highest BCUT2D eigenvalue weighted by Crippen LogP contribution is 2.33. The Hall–Kier alpha value is -3.00. The van der Waals surface area contributed by atoms with Gasteiger partial charge in [-0.3, -0.25) is 9.78 Å². The van der Waals surface area contributed by atoms with Crippen LogP contribution in [0.3, 0.4) is 0 Å². The van der Waals surface area contributed by atoms with E-state index in [0.717, 1.165) is 6.07 Å². The van der Waals surface area contributed by atoms with Gasteiger partial charge in [-0.1, -0.05) is 6.07 Å². The molecular formula is C21H21FN2O4S. The maximum absolute atomic E-state index is 14.0. The molecule has 0 saturated carbocycles. The Bertz CT molecular complexity index is 1170. The molecule has 152 valence electrons. The fourth-order valence-corrected chi connectivity index (χ4v) is 4.80. The molecule has 1 heterocycles. The van der Waals surface area contributed by atoms with Crippen molar-refractivity contribution in [2.75, 3.05) is 20.2 Å². The second-order valence-electron chi connectivity index (χ2n) is 6.32. The van der Waals surface area contributed by atoms with E-state index in [4.69, 9.17) is 4.74 Å². The van der Waals surface area contributed by atoms with Gasteiger partial charge in [-0.15, -0.1) is 0 Å². The summed E-state index contributed by atoms with van der Waals surface area (Å²) < 4.78 is 46.3. The molecule has 0 unspecified atom stereocenters. The summed E-state index contributed by atoms with van der Waals surface area (Å²) in [5.74, 6) is -0.740. The number of rotatable bonds is 6. The van der Waals surface area contributed by atoms with E-state index in [9.17, 15) is 17.6 Å². The Morgan fingerprint density at radius 3 is 2.52 bits per heavy atom. The van der Waals surface area contributed by atoms with Crippen molar-refractivity contribution < 1.29 is 22.3 Å². The van der Waals surface area contributed by atoms with Crippen LogP contribution in [-0.2, 0) is 9.84 Å². The first-order valence-corrected chi connectivity index (χ1v) is 10.6. The summed E-state index contributed by atoms with van der Waals surface area (Å²) in [6.45, 7) is 4.39. The number of benzene rings is 2. The minimum Gasteiger partial charge on any atom is -0.497 e. The molecule has 3 rings (SSSR count). The van der Waals surface area contributed by atoms with Gasteiger partial charge in [0.2, 0.25) is 9.84 Å². The molecule has 29 heavy (non-hydrogen) atoms. The predicted octanol–water partition coefficient (Wildman–Crippen LogP) is 3.70. The van der Waals surface area contributed by atoms with Gasteiger partial charge in [0.05, 0.1) is 28.0 Å². The molecule has 0 bridgehead atoms. The lowest BCUT2D eigenvalue weighted by Gasteiger charge is -2.21. The van der Waals surface area contributed by atoms with Crippen LogP contribution in [-0.4, -0.2) is 44.4 Å². The average Bonchev–Trinajstić information content (AvgIpc) is 2.73. The zero-order valence-electron chi connectivity index (χ0n) is 16.3. The molecule has 8 heteroatoms. The lowest BCUT2D eigenvalue weighted by Crippen LogP contribution is -2.31. The van der Waals surface area contributed by atoms with E-state index in [1.807, 2.05) is 0 Å². The first kappa shape index (κ1) is 20.7. The molecule has 0 fully saturated rings. The standard InChI is InChI=1S/C21H21FN2O4S/c1-4-24(5-2)21(25)18-13-23-19-10-9-14(22)11-17(19)20(18)29(26,27)16-8-6-7-15(12-16)28-3/h6-13H,4-5H2,1-3H3. The number of carbonyl (C=O) groups excluding carboxylic acids is 1. The second kappa shape index (κ2) is 8.16. The van der Waals surface area contributed by atoms with Gasteiger partial charge in [-0.25, -0.2) is 12.8 Å². The minimum atomic E-state index is -4.17. The van der Waals surface area contributed by atoms with Crippen molar-refractivity contribution in [3.63, 3.8) is 0 Å². The molecule has 3 aromatic rings. The number of fused-ring (bicyclic) bond motifs is 1. The van der Waals surface area contributed by atoms with E-state index in [0.29, 0.717) is 18.8 Å². The Kier molecular flexibility index (Phi) is 5.83. The van der Waals surface area contributed by atoms with Gasteiger partial charge in [0.25, 0.3) is 5.91 Å². The Morgan fingerprint density at radius 1 is 1.14 bits per heavy atom. The van der Waals surface area contributed by atoms with Crippen molar-refractivity contribution in [1.29, 1.82) is 0 Å². The first-order valence-electron chi connectivity index (χ1n) is 9.10. The van der Waals surface area contributed by atoms with Gasteiger partial charge in [-0.05, 0) is 50.2 Å². The number of methoxy groups -OCH3 is 1. The molecule has 0 saturated heterocycles. The maximum atomic E-state index is 14.0. The molecule has 2 aromatic carbocycles. The Balaban J connectivity index is 2.37. The lowest BCUT2D eigenvalue weighted by atomic mass is 10.1. The number of nitrogens with zero attached hydrogens (tertiary/aromatic N) is 2. The highest BCUT2D eigenvalue weighted by Gasteiger charge is 2.30. The van der Waals surface area contributed by atoms with Gasteiger partial charge in [0.1, 0.15) is 11.6 Å². The number of hydrogen-bond acceptors (Lipinski definition) is 5. The third-order valence-corrected chi connectivity index (χ3v) is 6.53. The number of amides is 1. The third kappa shape index (κ3) is 3.80. The zero-order valence-corrected chi connectivity index (χ0v) is 17.2. The van der Waals surface area contributed by atoms with Crippen molar-refractivity contribution in [3.8, 4) is 5.75 Å². The number of ether oxygens (including phenoxy) is 1. The first-order chi connectivity index (χ1) is 13.8. The van der Waals surface area contributed by atoms with Crippen LogP contribution >= 0.6 is 0 Å². The number of carbonyl (C=O) groups is 1. The molecule has 0 radical (unpaired) electrons. The fraction of sp³-hybridized carbons (Fsp3) is 0.238. The number of halogens is 1. The van der Waals surface area contributed by atoms with Gasteiger partial charge in [-0.2, -0.15) is 0 Å². The SMILES string of the molecule is CCN(CC)C(=O)c1cnc2ccc(F)cc2c1S(=O)(=O)c1cccc(OC)c1. The molecule has 1 amide bonds. The molecule has 0 aliphatic carbocycles. The number of hydrogen-bond donors (Lipinski definition) is 0. The van der Waals surface area contributed by atoms with Crippen molar-refractivity contribution >= 4 is 26.6 Å². The maximum Gasteiger partial charge on any atom is 0.256 e. The van der Waals surface area contributed by atoms with Crippen molar-refractivity contribution in [3.05, 3.63) is 60.0 Å². The summed E-state index contributed by atoms with van der Waals surface area (Å²) >= 11 is 0. The smallest absolute Gasteiger partial charge is 0.256 e. The van der Waals surface area contributed by atoms with Crippen molar-refractivity contribution in [2.24, 2.45) is 0 Å². The van der Waals surface area contributed by atoms with E-state index >= 15 is 0 Å². The van der Waals surface area contributed by atoms with E-state index in [-0.39, 0.29) is 26.3 Å². The summed E-state index contributed by atoms with van der Waals surface area (Å²) in [6, 6.07) is 9.62. The molecule has 0 atom stereocenters. The van der Waals surface area contributed by atoms with E-state index < -0.39 is 21.6 Å². The third-order valence-electron chi connectivity index (χ3n) is 4.68. The van der Waals surface area contributed by atoms with Gasteiger partial charge in [0.15, 0.2) is 0 Å². The van der Waals surface area contributed by atoms with Crippen LogP contribution in [0, 0.1) is 5.82 Å². The predicted molar refractivity (Wildman–Crippen MR) is 107 cm³/mol. The normalized spacial score (nSPS) is 11.4. The topological polar surface area (TPSA) is 76.6 Å². The van der Waals surface area contributed by atoms with Crippen LogP contribution in [0.1, 0.15) is 24.2 Å². The molecule has 6 nitrogen and oxygen atoms in total. The summed E-state index contributed by atoms with van der Waals surface area (Å²) in [7, 11) is -2.75. The monoisotopic (exact) mass is 416 g/mol. The van der Waals surface area contributed by atoms with Crippen LogP contribution in [0.4, 0.5) is 4.39 Å². The van der Waals surface area contributed by atoms with E-state index in [2.05, 4.69) is 4.98 Å². The second-order valence-corrected chi connectivity index (χ2v) is 8.21. The molecule has 1 aromatic heterocycles. The summed E-state index contributed by atoms with van der Waals surface area (Å²) in [5.41, 5.74) is 0.193. The van der Waals surface area contributed by atoms with Gasteiger partial charge in [0, 0.05) is 24.7 Å². The van der Waals surface area contributed by atoms with Crippen LogP contribution in [0.5, 0.6) is 5.75 Å². The Labute approximate surface area is 168 Å². The molecule has 0 aliphatic heterocycles. The van der Waals surface area contributed by atoms with E-state index in [1.165, 1.54) is 42.5 Å². The van der Waals surface area contributed by atoms with Crippen molar-refractivity contribution in [1.82, 2.24) is 9.88 Å². The van der Waals surface area contributed by atoms with Gasteiger partial charge < -0.3 is 9.64 Å². The van der Waals surface area contributed by atoms with Crippen LogP contribution in [0.15, 0.2) is 58.5 Å².